The minimum atomic E-state index is -0.461. The van der Waals surface area contributed by atoms with Crippen molar-refractivity contribution >= 4 is 11.9 Å². The Kier molecular flexibility index (Phi) is 3.53. The molecule has 0 aromatic rings. The minimum Gasteiger partial charge on any atom is -0.460 e. The van der Waals surface area contributed by atoms with Gasteiger partial charge in [0.1, 0.15) is 5.60 Å². The molecule has 4 nitrogen and oxygen atoms in total. The molecule has 1 unspecified atom stereocenters. The number of carbonyl (C=O) groups excluding carboxylic acids is 2. The predicted molar refractivity (Wildman–Crippen MR) is 76.7 cm³/mol. The summed E-state index contributed by atoms with van der Waals surface area (Å²) >= 11 is 0. The lowest BCUT2D eigenvalue weighted by molar-refractivity contribution is -0.153. The van der Waals surface area contributed by atoms with Crippen LogP contribution in [0.5, 0.6) is 0 Å². The fraction of sp³-hybridized carbons (Fsp3) is 0.625. The topological polar surface area (TPSA) is 55.4 Å². The van der Waals surface area contributed by atoms with Gasteiger partial charge in [0.15, 0.2) is 0 Å². The van der Waals surface area contributed by atoms with Crippen molar-refractivity contribution in [1.29, 1.82) is 0 Å². The quantitative estimate of drug-likeness (QED) is 0.790. The summed E-state index contributed by atoms with van der Waals surface area (Å²) in [5.74, 6) is -0.0196. The van der Waals surface area contributed by atoms with Crippen LogP contribution in [-0.2, 0) is 14.3 Å². The summed E-state index contributed by atoms with van der Waals surface area (Å²) in [6.45, 7) is 9.48. The fourth-order valence-corrected chi connectivity index (χ4v) is 2.68. The van der Waals surface area contributed by atoms with Crippen molar-refractivity contribution in [3.63, 3.8) is 0 Å². The lowest BCUT2D eigenvalue weighted by Gasteiger charge is -2.27. The van der Waals surface area contributed by atoms with Gasteiger partial charge in [-0.05, 0) is 33.3 Å². The van der Waals surface area contributed by atoms with Gasteiger partial charge in [-0.3, -0.25) is 9.59 Å². The molecule has 0 aromatic carbocycles. The maximum atomic E-state index is 11.9. The van der Waals surface area contributed by atoms with Gasteiger partial charge in [-0.1, -0.05) is 25.5 Å². The molecule has 0 saturated carbocycles. The summed E-state index contributed by atoms with van der Waals surface area (Å²) in [5, 5.41) is 2.92. The zero-order chi connectivity index (χ0) is 15.1. The van der Waals surface area contributed by atoms with Crippen LogP contribution >= 0.6 is 0 Å². The number of rotatable bonds is 2. The number of fused-ring (bicyclic) bond motifs is 1. The first-order valence-corrected chi connectivity index (χ1v) is 7.02. The Bertz CT molecular complexity index is 506. The molecule has 1 N–H and O–H groups in total. The Morgan fingerprint density at radius 3 is 2.65 bits per heavy atom. The fourth-order valence-electron chi connectivity index (χ4n) is 2.68. The van der Waals surface area contributed by atoms with Crippen molar-refractivity contribution in [2.75, 3.05) is 0 Å². The second-order valence-corrected chi connectivity index (χ2v) is 7.14. The molecule has 0 aromatic heterocycles. The first kappa shape index (κ1) is 14.8. The highest BCUT2D eigenvalue weighted by atomic mass is 16.6. The standard InChI is InChI=1S/C16H23NO3/c1-15(2,3)20-13(18)9-10-6-7-12-11(8-10)16(4,5)14(19)17-12/h6-7,11H,8-9H2,1-5H3,(H,17,19). The Hall–Kier alpha value is -1.58. The molecule has 0 bridgehead atoms. The number of ether oxygens (including phenoxy) is 1. The van der Waals surface area contributed by atoms with Crippen molar-refractivity contribution in [2.45, 2.75) is 53.1 Å². The summed E-state index contributed by atoms with van der Waals surface area (Å²) in [5.41, 5.74) is 1.11. The van der Waals surface area contributed by atoms with E-state index in [9.17, 15) is 9.59 Å². The van der Waals surface area contributed by atoms with Crippen LogP contribution in [0.3, 0.4) is 0 Å². The number of esters is 1. The summed E-state index contributed by atoms with van der Waals surface area (Å²) < 4.78 is 5.34. The zero-order valence-electron chi connectivity index (χ0n) is 12.9. The second kappa shape index (κ2) is 4.76. The van der Waals surface area contributed by atoms with Crippen molar-refractivity contribution in [3.05, 3.63) is 23.4 Å². The third kappa shape index (κ3) is 2.94. The Labute approximate surface area is 120 Å². The van der Waals surface area contributed by atoms with E-state index in [1.54, 1.807) is 0 Å². The molecule has 1 amide bonds. The highest BCUT2D eigenvalue weighted by Gasteiger charge is 2.46. The van der Waals surface area contributed by atoms with Crippen LogP contribution < -0.4 is 5.32 Å². The second-order valence-electron chi connectivity index (χ2n) is 7.14. The molecule has 2 rings (SSSR count). The van der Waals surface area contributed by atoms with Crippen LogP contribution in [-0.4, -0.2) is 17.5 Å². The molecule has 0 spiro atoms. The molecule has 110 valence electrons. The number of hydrogen-bond donors (Lipinski definition) is 1. The first-order valence-electron chi connectivity index (χ1n) is 7.02. The molecule has 1 fully saturated rings. The largest absolute Gasteiger partial charge is 0.460 e. The summed E-state index contributed by atoms with van der Waals surface area (Å²) in [6.07, 6.45) is 4.87. The summed E-state index contributed by atoms with van der Waals surface area (Å²) in [7, 11) is 0. The SMILES string of the molecule is CC(C)(C)OC(=O)CC1=CC=C2NC(=O)C(C)(C)C2C1. The molecule has 1 heterocycles. The maximum Gasteiger partial charge on any atom is 0.310 e. The van der Waals surface area contributed by atoms with Crippen molar-refractivity contribution in [2.24, 2.45) is 11.3 Å². The van der Waals surface area contributed by atoms with E-state index < -0.39 is 11.0 Å². The monoisotopic (exact) mass is 277 g/mol. The Morgan fingerprint density at radius 2 is 2.05 bits per heavy atom. The van der Waals surface area contributed by atoms with Gasteiger partial charge in [-0.25, -0.2) is 0 Å². The maximum absolute atomic E-state index is 11.9. The van der Waals surface area contributed by atoms with E-state index >= 15 is 0 Å². The molecule has 0 radical (unpaired) electrons. The summed E-state index contributed by atoms with van der Waals surface area (Å²) in [4.78, 5) is 23.8. The summed E-state index contributed by atoms with van der Waals surface area (Å²) in [6, 6.07) is 0. The van der Waals surface area contributed by atoms with Crippen LogP contribution in [0.2, 0.25) is 0 Å². The van der Waals surface area contributed by atoms with Crippen molar-refractivity contribution < 1.29 is 14.3 Å². The first-order chi connectivity index (χ1) is 9.09. The van der Waals surface area contributed by atoms with E-state index in [4.69, 9.17) is 4.74 Å². The zero-order valence-corrected chi connectivity index (χ0v) is 12.9. The average Bonchev–Trinajstić information content (AvgIpc) is 2.48. The van der Waals surface area contributed by atoms with E-state index in [-0.39, 0.29) is 17.8 Å². The molecule has 1 aliphatic heterocycles. The van der Waals surface area contributed by atoms with Crippen molar-refractivity contribution in [3.8, 4) is 0 Å². The normalized spacial score (nSPS) is 24.4. The van der Waals surface area contributed by atoms with Crippen molar-refractivity contribution in [1.82, 2.24) is 5.32 Å². The molecule has 20 heavy (non-hydrogen) atoms. The van der Waals surface area contributed by atoms with E-state index in [1.165, 1.54) is 0 Å². The molecular weight excluding hydrogens is 254 g/mol. The number of nitrogens with one attached hydrogen (secondary N) is 1. The Balaban J connectivity index is 2.05. The Morgan fingerprint density at radius 1 is 1.40 bits per heavy atom. The molecule has 1 atom stereocenters. The number of carbonyl (C=O) groups is 2. The highest BCUT2D eigenvalue weighted by Crippen LogP contribution is 2.43. The third-order valence-electron chi connectivity index (χ3n) is 3.85. The van der Waals surface area contributed by atoms with Crippen LogP contribution in [0.25, 0.3) is 0 Å². The van der Waals surface area contributed by atoms with E-state index in [0.29, 0.717) is 6.42 Å². The predicted octanol–water partition coefficient (Wildman–Crippen LogP) is 2.70. The molecule has 2 aliphatic rings. The van der Waals surface area contributed by atoms with E-state index in [2.05, 4.69) is 5.32 Å². The minimum absolute atomic E-state index is 0.0562. The van der Waals surface area contributed by atoms with Gasteiger partial charge in [-0.2, -0.15) is 0 Å². The van der Waals surface area contributed by atoms with Crippen LogP contribution in [0.1, 0.15) is 47.5 Å². The lowest BCUT2D eigenvalue weighted by Crippen LogP contribution is -2.29. The molecule has 1 aliphatic carbocycles. The number of allylic oxidation sites excluding steroid dienone is 3. The van der Waals surface area contributed by atoms with Gasteiger partial charge >= 0.3 is 5.97 Å². The van der Waals surface area contributed by atoms with Crippen LogP contribution in [0.4, 0.5) is 0 Å². The van der Waals surface area contributed by atoms with E-state index in [1.807, 2.05) is 46.8 Å². The van der Waals surface area contributed by atoms with Gasteiger partial charge in [0.2, 0.25) is 5.91 Å². The molecule has 1 saturated heterocycles. The molecular formula is C16H23NO3. The van der Waals surface area contributed by atoms with Gasteiger partial charge in [0.25, 0.3) is 0 Å². The molecule has 4 heteroatoms. The van der Waals surface area contributed by atoms with Crippen LogP contribution in [0, 0.1) is 11.3 Å². The number of hydrogen-bond acceptors (Lipinski definition) is 3. The average molecular weight is 277 g/mol. The third-order valence-corrected chi connectivity index (χ3v) is 3.85. The van der Waals surface area contributed by atoms with Gasteiger partial charge in [-0.15, -0.1) is 0 Å². The van der Waals surface area contributed by atoms with Crippen LogP contribution in [0.15, 0.2) is 23.4 Å². The van der Waals surface area contributed by atoms with E-state index in [0.717, 1.165) is 17.7 Å². The van der Waals surface area contributed by atoms with Gasteiger partial charge in [0.05, 0.1) is 11.8 Å². The van der Waals surface area contributed by atoms with Gasteiger partial charge in [0, 0.05) is 11.6 Å². The van der Waals surface area contributed by atoms with Gasteiger partial charge < -0.3 is 10.1 Å². The smallest absolute Gasteiger partial charge is 0.310 e. The number of amides is 1. The highest BCUT2D eigenvalue weighted by molar-refractivity contribution is 5.88. The lowest BCUT2D eigenvalue weighted by atomic mass is 9.74.